The zero-order valence-electron chi connectivity index (χ0n) is 12.9. The molecular weight excluding hydrogens is 260 g/mol. The van der Waals surface area contributed by atoms with Gasteiger partial charge in [0, 0.05) is 31.6 Å². The smallest absolute Gasteiger partial charge is 0.164 e. The van der Waals surface area contributed by atoms with E-state index in [2.05, 4.69) is 22.3 Å². The van der Waals surface area contributed by atoms with Crippen molar-refractivity contribution >= 4 is 5.78 Å². The first-order chi connectivity index (χ1) is 10.3. The van der Waals surface area contributed by atoms with E-state index in [0.717, 1.165) is 44.7 Å². The number of ketones is 1. The normalized spacial score (nSPS) is 19.8. The molecule has 2 aliphatic rings. The maximum Gasteiger partial charge on any atom is 0.164 e. The first kappa shape index (κ1) is 14.7. The summed E-state index contributed by atoms with van der Waals surface area (Å²) < 4.78 is 0. The van der Waals surface area contributed by atoms with E-state index in [0.29, 0.717) is 12.2 Å². The zero-order chi connectivity index (χ0) is 14.5. The maximum atomic E-state index is 12.4. The minimum absolute atomic E-state index is 0.306. The van der Waals surface area contributed by atoms with Gasteiger partial charge in [-0.25, -0.2) is 0 Å². The van der Waals surface area contributed by atoms with E-state index in [1.807, 2.05) is 6.07 Å². The van der Waals surface area contributed by atoms with Crippen LogP contribution in [0.15, 0.2) is 18.2 Å². The third-order valence-electron chi connectivity index (χ3n) is 4.76. The number of rotatable bonds is 4. The molecule has 1 saturated heterocycles. The molecule has 114 valence electrons. The standard InChI is InChI=1S/C18H26N2O/c21-18(8-12-20-11-3-9-19-10-13-20)17-7-6-15-4-1-2-5-16(15)14-17/h6-7,14,19H,1-5,8-13H2. The topological polar surface area (TPSA) is 32.3 Å². The van der Waals surface area contributed by atoms with E-state index in [4.69, 9.17) is 0 Å². The van der Waals surface area contributed by atoms with Crippen LogP contribution in [-0.4, -0.2) is 43.4 Å². The molecular formula is C18H26N2O. The fraction of sp³-hybridized carbons (Fsp3) is 0.611. The van der Waals surface area contributed by atoms with Crippen LogP contribution in [0.4, 0.5) is 0 Å². The number of hydrogen-bond donors (Lipinski definition) is 1. The number of Topliss-reactive ketones (excluding diaryl/α,β-unsaturated/α-hetero) is 1. The van der Waals surface area contributed by atoms with Gasteiger partial charge < -0.3 is 10.2 Å². The van der Waals surface area contributed by atoms with Crippen LogP contribution in [0.2, 0.25) is 0 Å². The third kappa shape index (κ3) is 3.92. The lowest BCUT2D eigenvalue weighted by Crippen LogP contribution is -2.30. The Morgan fingerprint density at radius 1 is 1.05 bits per heavy atom. The summed E-state index contributed by atoms with van der Waals surface area (Å²) in [6, 6.07) is 6.37. The van der Waals surface area contributed by atoms with Crippen LogP contribution in [0.5, 0.6) is 0 Å². The van der Waals surface area contributed by atoms with Crippen molar-refractivity contribution in [2.24, 2.45) is 0 Å². The van der Waals surface area contributed by atoms with Gasteiger partial charge in [-0.1, -0.05) is 12.1 Å². The quantitative estimate of drug-likeness (QED) is 0.863. The van der Waals surface area contributed by atoms with Crippen molar-refractivity contribution in [3.05, 3.63) is 34.9 Å². The first-order valence-corrected chi connectivity index (χ1v) is 8.41. The van der Waals surface area contributed by atoms with Gasteiger partial charge in [0.2, 0.25) is 0 Å². The SMILES string of the molecule is O=C(CCN1CCCNCC1)c1ccc2c(c1)CCCC2. The number of benzene rings is 1. The van der Waals surface area contributed by atoms with Crippen LogP contribution in [0.1, 0.15) is 47.2 Å². The number of hydrogen-bond acceptors (Lipinski definition) is 3. The largest absolute Gasteiger partial charge is 0.315 e. The fourth-order valence-electron chi connectivity index (χ4n) is 3.44. The molecule has 0 amide bonds. The van der Waals surface area contributed by atoms with Crippen molar-refractivity contribution in [1.82, 2.24) is 10.2 Å². The summed E-state index contributed by atoms with van der Waals surface area (Å²) in [6.45, 7) is 5.24. The van der Waals surface area contributed by atoms with E-state index in [1.165, 1.54) is 36.8 Å². The predicted octanol–water partition coefficient (Wildman–Crippen LogP) is 2.43. The first-order valence-electron chi connectivity index (χ1n) is 8.41. The predicted molar refractivity (Wildman–Crippen MR) is 86.0 cm³/mol. The number of carbonyl (C=O) groups excluding carboxylic acids is 1. The second-order valence-corrected chi connectivity index (χ2v) is 6.31. The van der Waals surface area contributed by atoms with Gasteiger partial charge in [-0.2, -0.15) is 0 Å². The zero-order valence-corrected chi connectivity index (χ0v) is 12.9. The molecule has 0 saturated carbocycles. The summed E-state index contributed by atoms with van der Waals surface area (Å²) in [7, 11) is 0. The second kappa shape index (κ2) is 7.19. The molecule has 21 heavy (non-hydrogen) atoms. The molecule has 1 aliphatic carbocycles. The van der Waals surface area contributed by atoms with Crippen LogP contribution >= 0.6 is 0 Å². The van der Waals surface area contributed by atoms with Crippen molar-refractivity contribution < 1.29 is 4.79 Å². The van der Waals surface area contributed by atoms with E-state index in [-0.39, 0.29) is 0 Å². The van der Waals surface area contributed by atoms with Crippen molar-refractivity contribution in [2.45, 2.75) is 38.5 Å². The Kier molecular flexibility index (Phi) is 5.04. The van der Waals surface area contributed by atoms with Crippen LogP contribution in [-0.2, 0) is 12.8 Å². The molecule has 1 aliphatic heterocycles. The number of carbonyl (C=O) groups is 1. The highest BCUT2D eigenvalue weighted by Gasteiger charge is 2.14. The molecule has 3 rings (SSSR count). The molecule has 0 spiro atoms. The Morgan fingerprint density at radius 3 is 2.81 bits per heavy atom. The summed E-state index contributed by atoms with van der Waals surface area (Å²) in [5.74, 6) is 0.306. The van der Waals surface area contributed by atoms with Crippen LogP contribution in [0.3, 0.4) is 0 Å². The highest BCUT2D eigenvalue weighted by Crippen LogP contribution is 2.22. The third-order valence-corrected chi connectivity index (χ3v) is 4.76. The molecule has 0 unspecified atom stereocenters. The average molecular weight is 286 g/mol. The molecule has 1 N–H and O–H groups in total. The summed E-state index contributed by atoms with van der Waals surface area (Å²) in [5, 5.41) is 3.40. The van der Waals surface area contributed by atoms with E-state index in [9.17, 15) is 4.79 Å². The highest BCUT2D eigenvalue weighted by molar-refractivity contribution is 5.96. The average Bonchev–Trinajstić information content (AvgIpc) is 2.81. The van der Waals surface area contributed by atoms with E-state index < -0.39 is 0 Å². The van der Waals surface area contributed by atoms with Gasteiger partial charge in [-0.3, -0.25) is 4.79 Å². The summed E-state index contributed by atoms with van der Waals surface area (Å²) >= 11 is 0. The van der Waals surface area contributed by atoms with Crippen molar-refractivity contribution in [3.63, 3.8) is 0 Å². The number of fused-ring (bicyclic) bond motifs is 1. The van der Waals surface area contributed by atoms with Crippen molar-refractivity contribution in [2.75, 3.05) is 32.7 Å². The Bertz CT molecular complexity index is 490. The lowest BCUT2D eigenvalue weighted by Gasteiger charge is -2.19. The van der Waals surface area contributed by atoms with Gasteiger partial charge in [0.15, 0.2) is 5.78 Å². The van der Waals surface area contributed by atoms with Crippen LogP contribution in [0, 0.1) is 0 Å². The molecule has 0 radical (unpaired) electrons. The lowest BCUT2D eigenvalue weighted by molar-refractivity contribution is 0.0965. The Balaban J connectivity index is 1.57. The summed E-state index contributed by atoms with van der Waals surface area (Å²) in [5.41, 5.74) is 3.78. The van der Waals surface area contributed by atoms with Gasteiger partial charge >= 0.3 is 0 Å². The fourth-order valence-corrected chi connectivity index (χ4v) is 3.44. The lowest BCUT2D eigenvalue weighted by atomic mass is 9.89. The van der Waals surface area contributed by atoms with Gasteiger partial charge in [-0.05, 0) is 62.4 Å². The molecule has 1 heterocycles. The van der Waals surface area contributed by atoms with Crippen LogP contribution < -0.4 is 5.32 Å². The number of nitrogens with zero attached hydrogens (tertiary/aromatic N) is 1. The Labute approximate surface area is 127 Å². The van der Waals surface area contributed by atoms with Gasteiger partial charge in [0.25, 0.3) is 0 Å². The molecule has 1 aromatic rings. The summed E-state index contributed by atoms with van der Waals surface area (Å²) in [4.78, 5) is 14.8. The molecule has 3 heteroatoms. The van der Waals surface area contributed by atoms with Gasteiger partial charge in [-0.15, -0.1) is 0 Å². The molecule has 0 bridgehead atoms. The monoisotopic (exact) mass is 286 g/mol. The molecule has 3 nitrogen and oxygen atoms in total. The van der Waals surface area contributed by atoms with Crippen molar-refractivity contribution in [1.29, 1.82) is 0 Å². The number of nitrogens with one attached hydrogen (secondary N) is 1. The molecule has 1 fully saturated rings. The summed E-state index contributed by atoms with van der Waals surface area (Å²) in [6.07, 6.45) is 6.74. The Hall–Kier alpha value is -1.19. The number of aryl methyl sites for hydroxylation is 2. The molecule has 1 aromatic carbocycles. The Morgan fingerprint density at radius 2 is 1.90 bits per heavy atom. The highest BCUT2D eigenvalue weighted by atomic mass is 16.1. The maximum absolute atomic E-state index is 12.4. The molecule has 0 atom stereocenters. The minimum atomic E-state index is 0.306. The van der Waals surface area contributed by atoms with Gasteiger partial charge in [0.05, 0.1) is 0 Å². The van der Waals surface area contributed by atoms with Crippen molar-refractivity contribution in [3.8, 4) is 0 Å². The minimum Gasteiger partial charge on any atom is -0.315 e. The second-order valence-electron chi connectivity index (χ2n) is 6.31. The van der Waals surface area contributed by atoms with Gasteiger partial charge in [0.1, 0.15) is 0 Å². The van der Waals surface area contributed by atoms with E-state index >= 15 is 0 Å². The van der Waals surface area contributed by atoms with E-state index in [1.54, 1.807) is 0 Å². The molecule has 0 aromatic heterocycles. The van der Waals surface area contributed by atoms with Crippen LogP contribution in [0.25, 0.3) is 0 Å².